The summed E-state index contributed by atoms with van der Waals surface area (Å²) in [5.74, 6) is -0.246. The lowest BCUT2D eigenvalue weighted by Gasteiger charge is -2.39. The van der Waals surface area contributed by atoms with Gasteiger partial charge < -0.3 is 34.6 Å². The number of hydrogen-bond acceptors (Lipinski definition) is 8. The highest BCUT2D eigenvalue weighted by molar-refractivity contribution is 6.32. The molecule has 2 aromatic rings. The maximum absolute atomic E-state index is 11.5. The largest absolute Gasteiger partial charge is 0.465 e. The fourth-order valence-electron chi connectivity index (χ4n) is 2.98. The van der Waals surface area contributed by atoms with Crippen molar-refractivity contribution in [1.82, 2.24) is 0 Å². The van der Waals surface area contributed by atoms with Gasteiger partial charge in [-0.1, -0.05) is 29.8 Å². The second-order valence-corrected chi connectivity index (χ2v) is 6.94. The fraction of sp³-hybridized carbons (Fsp3) is 0.350. The molecule has 2 aromatic carbocycles. The van der Waals surface area contributed by atoms with Gasteiger partial charge in [0.15, 0.2) is 0 Å². The van der Waals surface area contributed by atoms with E-state index in [0.717, 1.165) is 11.1 Å². The number of benzene rings is 2. The Balaban J connectivity index is 1.77. The van der Waals surface area contributed by atoms with Gasteiger partial charge >= 0.3 is 5.97 Å². The SMILES string of the molecule is COC(=O)c1ccc(-c2ccc(O[C@H]3OC(CO)[C@@H](O)C(O)C3O)c(Cl)c2)cc1. The van der Waals surface area contributed by atoms with E-state index in [1.165, 1.54) is 7.11 Å². The molecule has 0 bridgehead atoms. The molecule has 0 aromatic heterocycles. The Morgan fingerprint density at radius 3 is 2.28 bits per heavy atom. The smallest absolute Gasteiger partial charge is 0.337 e. The number of aliphatic hydroxyl groups is 4. The topological polar surface area (TPSA) is 126 Å². The number of hydrogen-bond donors (Lipinski definition) is 4. The third-order valence-corrected chi connectivity index (χ3v) is 4.96. The first-order valence-corrected chi connectivity index (χ1v) is 9.19. The van der Waals surface area contributed by atoms with Crippen molar-refractivity contribution in [2.45, 2.75) is 30.7 Å². The van der Waals surface area contributed by atoms with Crippen molar-refractivity contribution in [1.29, 1.82) is 0 Å². The van der Waals surface area contributed by atoms with Crippen LogP contribution >= 0.6 is 11.6 Å². The molecule has 1 heterocycles. The summed E-state index contributed by atoms with van der Waals surface area (Å²) < 4.78 is 15.5. The van der Waals surface area contributed by atoms with E-state index >= 15 is 0 Å². The van der Waals surface area contributed by atoms with Gasteiger partial charge in [0.1, 0.15) is 30.2 Å². The highest BCUT2D eigenvalue weighted by atomic mass is 35.5. The fourth-order valence-corrected chi connectivity index (χ4v) is 3.21. The lowest BCUT2D eigenvalue weighted by atomic mass is 9.99. The Bertz CT molecular complexity index is 854. The summed E-state index contributed by atoms with van der Waals surface area (Å²) in [6.07, 6.45) is -6.95. The van der Waals surface area contributed by atoms with Crippen LogP contribution in [0.2, 0.25) is 5.02 Å². The molecule has 0 spiro atoms. The molecular weight excluding hydrogens is 404 g/mol. The van der Waals surface area contributed by atoms with E-state index in [2.05, 4.69) is 4.74 Å². The molecule has 3 rings (SSSR count). The molecule has 8 nitrogen and oxygen atoms in total. The van der Waals surface area contributed by atoms with Crippen molar-refractivity contribution in [3.63, 3.8) is 0 Å². The summed E-state index contributed by atoms with van der Waals surface area (Å²) in [6.45, 7) is -0.557. The minimum atomic E-state index is -1.54. The number of esters is 1. The number of carbonyl (C=O) groups is 1. The van der Waals surface area contributed by atoms with E-state index < -0.39 is 43.3 Å². The monoisotopic (exact) mass is 424 g/mol. The molecule has 5 atom stereocenters. The van der Waals surface area contributed by atoms with Crippen LogP contribution in [0.3, 0.4) is 0 Å². The standard InChI is InChI=1S/C20H21ClO8/c1-27-19(26)11-4-2-10(3-5-11)12-6-7-14(13(21)8-12)28-20-18(25)17(24)16(23)15(9-22)29-20/h2-8,15-18,20,22-25H,9H2,1H3/t15?,16-,17?,18?,20+/m1/s1. The van der Waals surface area contributed by atoms with E-state index in [4.69, 9.17) is 21.1 Å². The molecule has 1 aliphatic heterocycles. The maximum atomic E-state index is 11.5. The Morgan fingerprint density at radius 2 is 1.69 bits per heavy atom. The van der Waals surface area contributed by atoms with Crippen LogP contribution in [0.15, 0.2) is 42.5 Å². The van der Waals surface area contributed by atoms with Crippen LogP contribution in [0.5, 0.6) is 5.75 Å². The quantitative estimate of drug-likeness (QED) is 0.523. The highest BCUT2D eigenvalue weighted by Crippen LogP contribution is 2.33. The van der Waals surface area contributed by atoms with Crippen molar-refractivity contribution in [3.05, 3.63) is 53.1 Å². The van der Waals surface area contributed by atoms with Crippen LogP contribution in [0, 0.1) is 0 Å². The zero-order valence-electron chi connectivity index (χ0n) is 15.4. The maximum Gasteiger partial charge on any atom is 0.337 e. The second kappa shape index (κ2) is 9.08. The van der Waals surface area contributed by atoms with Crippen molar-refractivity contribution in [2.75, 3.05) is 13.7 Å². The molecule has 156 valence electrons. The number of ether oxygens (including phenoxy) is 3. The van der Waals surface area contributed by atoms with E-state index in [-0.39, 0.29) is 10.8 Å². The third-order valence-electron chi connectivity index (χ3n) is 4.66. The van der Waals surface area contributed by atoms with Gasteiger partial charge in [0.25, 0.3) is 0 Å². The molecule has 1 saturated heterocycles. The van der Waals surface area contributed by atoms with E-state index in [1.807, 2.05) is 0 Å². The molecule has 29 heavy (non-hydrogen) atoms. The van der Waals surface area contributed by atoms with Gasteiger partial charge in [-0.25, -0.2) is 4.79 Å². The van der Waals surface area contributed by atoms with Crippen LogP contribution in [-0.2, 0) is 9.47 Å². The third kappa shape index (κ3) is 4.53. The molecule has 0 radical (unpaired) electrons. The molecule has 0 saturated carbocycles. The molecular formula is C20H21ClO8. The predicted molar refractivity (Wildman–Crippen MR) is 103 cm³/mol. The Morgan fingerprint density at radius 1 is 1.03 bits per heavy atom. The summed E-state index contributed by atoms with van der Waals surface area (Å²) in [5, 5.41) is 39.2. The lowest BCUT2D eigenvalue weighted by Crippen LogP contribution is -2.60. The number of aliphatic hydroxyl groups excluding tert-OH is 4. The van der Waals surface area contributed by atoms with Gasteiger partial charge in [-0.3, -0.25) is 0 Å². The molecule has 0 aliphatic carbocycles. The zero-order chi connectivity index (χ0) is 21.1. The molecule has 1 fully saturated rings. The minimum absolute atomic E-state index is 0.186. The van der Waals surface area contributed by atoms with Crippen LogP contribution in [0.1, 0.15) is 10.4 Å². The number of carbonyl (C=O) groups excluding carboxylic acids is 1. The molecule has 4 N–H and O–H groups in total. The predicted octanol–water partition coefficient (Wildman–Crippen LogP) is 0.972. The Hall–Kier alpha value is -2.20. The lowest BCUT2D eigenvalue weighted by molar-refractivity contribution is -0.277. The van der Waals surface area contributed by atoms with Gasteiger partial charge in [-0.2, -0.15) is 0 Å². The van der Waals surface area contributed by atoms with Crippen molar-refractivity contribution >= 4 is 17.6 Å². The van der Waals surface area contributed by atoms with Gasteiger partial charge in [-0.15, -0.1) is 0 Å². The van der Waals surface area contributed by atoms with Crippen LogP contribution in [-0.4, -0.2) is 70.8 Å². The highest BCUT2D eigenvalue weighted by Gasteiger charge is 2.44. The molecule has 0 amide bonds. The summed E-state index contributed by atoms with van der Waals surface area (Å²) in [4.78, 5) is 11.5. The van der Waals surface area contributed by atoms with Crippen LogP contribution in [0.4, 0.5) is 0 Å². The summed E-state index contributed by atoms with van der Waals surface area (Å²) in [5.41, 5.74) is 1.98. The van der Waals surface area contributed by atoms with Crippen molar-refractivity contribution in [3.8, 4) is 16.9 Å². The zero-order valence-corrected chi connectivity index (χ0v) is 16.2. The van der Waals surface area contributed by atoms with E-state index in [1.54, 1.807) is 42.5 Å². The second-order valence-electron chi connectivity index (χ2n) is 6.53. The molecule has 9 heteroatoms. The Kier molecular flexibility index (Phi) is 6.74. The number of methoxy groups -OCH3 is 1. The first kappa shape index (κ1) is 21.5. The average Bonchev–Trinajstić information content (AvgIpc) is 2.74. The van der Waals surface area contributed by atoms with Gasteiger partial charge in [0.05, 0.1) is 24.3 Å². The van der Waals surface area contributed by atoms with Crippen LogP contribution in [0.25, 0.3) is 11.1 Å². The number of halogens is 1. The summed E-state index contributed by atoms with van der Waals surface area (Å²) in [6, 6.07) is 11.7. The number of rotatable bonds is 5. The van der Waals surface area contributed by atoms with Gasteiger partial charge in [0.2, 0.25) is 6.29 Å². The molecule has 1 aliphatic rings. The summed E-state index contributed by atoms with van der Waals surface area (Å²) in [7, 11) is 1.31. The van der Waals surface area contributed by atoms with E-state index in [9.17, 15) is 25.2 Å². The Labute approximate surface area is 171 Å². The molecule has 3 unspecified atom stereocenters. The first-order valence-electron chi connectivity index (χ1n) is 8.81. The van der Waals surface area contributed by atoms with Crippen molar-refractivity contribution in [2.24, 2.45) is 0 Å². The minimum Gasteiger partial charge on any atom is -0.465 e. The van der Waals surface area contributed by atoms with Crippen molar-refractivity contribution < 1.29 is 39.4 Å². The summed E-state index contributed by atoms with van der Waals surface area (Å²) >= 11 is 6.29. The van der Waals surface area contributed by atoms with Gasteiger partial charge in [0, 0.05) is 0 Å². The van der Waals surface area contributed by atoms with Gasteiger partial charge in [-0.05, 0) is 35.4 Å². The van der Waals surface area contributed by atoms with Crippen LogP contribution < -0.4 is 4.74 Å². The van der Waals surface area contributed by atoms with E-state index in [0.29, 0.717) is 5.56 Å². The first-order chi connectivity index (χ1) is 13.8. The normalized spacial score (nSPS) is 26.8. The average molecular weight is 425 g/mol.